The molecular formula is C14H12N4. The summed E-state index contributed by atoms with van der Waals surface area (Å²) in [7, 11) is 0. The Balaban J connectivity index is 2.05. The first-order valence-corrected chi connectivity index (χ1v) is 5.66. The van der Waals surface area contributed by atoms with Crippen LogP contribution >= 0.6 is 0 Å². The second-order valence-corrected chi connectivity index (χ2v) is 3.95. The maximum Gasteiger partial charge on any atom is 0.221 e. The van der Waals surface area contributed by atoms with Gasteiger partial charge in [-0.1, -0.05) is 36.4 Å². The van der Waals surface area contributed by atoms with Gasteiger partial charge in [0.1, 0.15) is 5.82 Å². The number of benzene rings is 2. The van der Waals surface area contributed by atoms with Gasteiger partial charge in [0.2, 0.25) is 5.95 Å². The van der Waals surface area contributed by atoms with Crippen molar-refractivity contribution < 1.29 is 0 Å². The molecule has 2 aromatic carbocycles. The van der Waals surface area contributed by atoms with Crippen molar-refractivity contribution in [2.75, 3.05) is 11.1 Å². The number of hydrogen-bond acceptors (Lipinski definition) is 4. The lowest BCUT2D eigenvalue weighted by atomic mass is 10.1. The van der Waals surface area contributed by atoms with E-state index in [9.17, 15) is 0 Å². The Bertz CT molecular complexity index is 689. The molecule has 3 N–H and O–H groups in total. The molecule has 1 heterocycles. The monoisotopic (exact) mass is 236 g/mol. The predicted molar refractivity (Wildman–Crippen MR) is 73.7 cm³/mol. The highest BCUT2D eigenvalue weighted by Crippen LogP contribution is 2.25. The minimum atomic E-state index is 0.264. The number of hydrogen-bond donors (Lipinski definition) is 2. The Morgan fingerprint density at radius 1 is 0.944 bits per heavy atom. The molecular weight excluding hydrogens is 224 g/mol. The van der Waals surface area contributed by atoms with E-state index in [0.29, 0.717) is 5.82 Å². The van der Waals surface area contributed by atoms with Crippen LogP contribution in [0, 0.1) is 0 Å². The van der Waals surface area contributed by atoms with Gasteiger partial charge in [-0.3, -0.25) is 0 Å². The molecule has 0 saturated heterocycles. The van der Waals surface area contributed by atoms with Crippen LogP contribution in [-0.4, -0.2) is 9.97 Å². The third-order valence-corrected chi connectivity index (χ3v) is 2.73. The van der Waals surface area contributed by atoms with E-state index in [4.69, 9.17) is 5.73 Å². The molecule has 0 aliphatic rings. The number of aromatic nitrogens is 2. The van der Waals surface area contributed by atoms with Gasteiger partial charge in [-0.15, -0.1) is 0 Å². The average molecular weight is 236 g/mol. The summed E-state index contributed by atoms with van der Waals surface area (Å²) in [5.74, 6) is 0.957. The van der Waals surface area contributed by atoms with E-state index in [2.05, 4.69) is 33.5 Å². The summed E-state index contributed by atoms with van der Waals surface area (Å²) in [6, 6.07) is 16.1. The summed E-state index contributed by atoms with van der Waals surface area (Å²) >= 11 is 0. The molecule has 4 nitrogen and oxygen atoms in total. The van der Waals surface area contributed by atoms with Crippen LogP contribution in [-0.2, 0) is 0 Å². The zero-order valence-electron chi connectivity index (χ0n) is 9.67. The molecule has 0 amide bonds. The molecule has 1 aromatic heterocycles. The Hall–Kier alpha value is -2.62. The lowest BCUT2D eigenvalue weighted by molar-refractivity contribution is 1.19. The van der Waals surface area contributed by atoms with Gasteiger partial charge in [0.05, 0.1) is 0 Å². The fourth-order valence-corrected chi connectivity index (χ4v) is 1.92. The Morgan fingerprint density at radius 3 is 2.67 bits per heavy atom. The third-order valence-electron chi connectivity index (χ3n) is 2.73. The molecule has 0 saturated carbocycles. The molecule has 3 rings (SSSR count). The van der Waals surface area contributed by atoms with Gasteiger partial charge >= 0.3 is 0 Å². The van der Waals surface area contributed by atoms with Crippen LogP contribution in [0.4, 0.5) is 17.5 Å². The van der Waals surface area contributed by atoms with Crippen LogP contribution in [0.15, 0.2) is 54.7 Å². The SMILES string of the molecule is Nc1nccc(Nc2cccc3ccccc23)n1. The van der Waals surface area contributed by atoms with Crippen molar-refractivity contribution in [2.24, 2.45) is 0 Å². The molecule has 88 valence electrons. The number of nitrogens with one attached hydrogen (secondary N) is 1. The van der Waals surface area contributed by atoms with Crippen LogP contribution in [0.5, 0.6) is 0 Å². The smallest absolute Gasteiger partial charge is 0.221 e. The maximum atomic E-state index is 5.56. The minimum absolute atomic E-state index is 0.264. The van der Waals surface area contributed by atoms with E-state index in [1.54, 1.807) is 12.3 Å². The Labute approximate surface area is 104 Å². The largest absolute Gasteiger partial charge is 0.368 e. The van der Waals surface area contributed by atoms with Crippen molar-refractivity contribution in [1.29, 1.82) is 0 Å². The minimum Gasteiger partial charge on any atom is -0.368 e. The highest BCUT2D eigenvalue weighted by molar-refractivity contribution is 5.95. The van der Waals surface area contributed by atoms with E-state index in [1.807, 2.05) is 24.3 Å². The van der Waals surface area contributed by atoms with Crippen molar-refractivity contribution in [3.63, 3.8) is 0 Å². The molecule has 0 aliphatic heterocycles. The fourth-order valence-electron chi connectivity index (χ4n) is 1.92. The molecule has 0 bridgehead atoms. The summed E-state index contributed by atoms with van der Waals surface area (Å²) in [4.78, 5) is 8.00. The molecule has 3 aromatic rings. The molecule has 0 spiro atoms. The normalized spacial score (nSPS) is 10.4. The van der Waals surface area contributed by atoms with Crippen molar-refractivity contribution in [3.8, 4) is 0 Å². The van der Waals surface area contributed by atoms with Gasteiger partial charge in [0.15, 0.2) is 0 Å². The summed E-state index contributed by atoms with van der Waals surface area (Å²) in [5, 5.41) is 5.59. The molecule has 0 radical (unpaired) electrons. The summed E-state index contributed by atoms with van der Waals surface area (Å²) in [6.07, 6.45) is 1.63. The van der Waals surface area contributed by atoms with Gasteiger partial charge in [-0.2, -0.15) is 4.98 Å². The first-order chi connectivity index (χ1) is 8.83. The standard InChI is InChI=1S/C14H12N4/c15-14-16-9-8-13(18-14)17-12-7-3-5-10-4-1-2-6-11(10)12/h1-9H,(H3,15,16,17,18). The van der Waals surface area contributed by atoms with Crippen LogP contribution < -0.4 is 11.1 Å². The first-order valence-electron chi connectivity index (χ1n) is 5.66. The topological polar surface area (TPSA) is 63.8 Å². The van der Waals surface area contributed by atoms with Gasteiger partial charge in [0.25, 0.3) is 0 Å². The lowest BCUT2D eigenvalue weighted by Gasteiger charge is -2.09. The van der Waals surface area contributed by atoms with Crippen molar-refractivity contribution in [3.05, 3.63) is 54.7 Å². The Morgan fingerprint density at radius 2 is 1.78 bits per heavy atom. The molecule has 0 aliphatic carbocycles. The number of fused-ring (bicyclic) bond motifs is 1. The van der Waals surface area contributed by atoms with E-state index >= 15 is 0 Å². The molecule has 4 heteroatoms. The second kappa shape index (κ2) is 4.33. The van der Waals surface area contributed by atoms with Gasteiger partial charge < -0.3 is 11.1 Å². The average Bonchev–Trinajstić information content (AvgIpc) is 2.39. The van der Waals surface area contributed by atoms with Crippen molar-refractivity contribution in [1.82, 2.24) is 9.97 Å². The van der Waals surface area contributed by atoms with Gasteiger partial charge in [-0.25, -0.2) is 4.98 Å². The third kappa shape index (κ3) is 1.96. The maximum absolute atomic E-state index is 5.56. The highest BCUT2D eigenvalue weighted by atomic mass is 15.1. The Kier molecular flexibility index (Phi) is 2.53. The number of nitrogen functional groups attached to an aromatic ring is 1. The predicted octanol–water partition coefficient (Wildman–Crippen LogP) is 2.96. The molecule has 18 heavy (non-hydrogen) atoms. The summed E-state index contributed by atoms with van der Waals surface area (Å²) < 4.78 is 0. The lowest BCUT2D eigenvalue weighted by Crippen LogP contribution is -1.99. The molecule has 0 unspecified atom stereocenters. The quantitative estimate of drug-likeness (QED) is 0.718. The van der Waals surface area contributed by atoms with E-state index < -0.39 is 0 Å². The van der Waals surface area contributed by atoms with E-state index in [-0.39, 0.29) is 5.95 Å². The summed E-state index contributed by atoms with van der Waals surface area (Å²) in [5.41, 5.74) is 6.57. The summed E-state index contributed by atoms with van der Waals surface area (Å²) in [6.45, 7) is 0. The zero-order valence-corrected chi connectivity index (χ0v) is 9.67. The van der Waals surface area contributed by atoms with Crippen molar-refractivity contribution >= 4 is 28.2 Å². The van der Waals surface area contributed by atoms with Crippen LogP contribution in [0.1, 0.15) is 0 Å². The molecule has 0 atom stereocenters. The number of anilines is 3. The number of rotatable bonds is 2. The number of nitrogens with two attached hydrogens (primary N) is 1. The van der Waals surface area contributed by atoms with Crippen LogP contribution in [0.25, 0.3) is 10.8 Å². The van der Waals surface area contributed by atoms with Crippen LogP contribution in [0.3, 0.4) is 0 Å². The fraction of sp³-hybridized carbons (Fsp3) is 0. The first kappa shape index (κ1) is 10.5. The van der Waals surface area contributed by atoms with Crippen LogP contribution in [0.2, 0.25) is 0 Å². The highest BCUT2D eigenvalue weighted by Gasteiger charge is 2.01. The second-order valence-electron chi connectivity index (χ2n) is 3.95. The van der Waals surface area contributed by atoms with Crippen molar-refractivity contribution in [2.45, 2.75) is 0 Å². The van der Waals surface area contributed by atoms with Gasteiger partial charge in [-0.05, 0) is 17.5 Å². The van der Waals surface area contributed by atoms with E-state index in [1.165, 1.54) is 5.39 Å². The zero-order chi connectivity index (χ0) is 12.4. The van der Waals surface area contributed by atoms with E-state index in [0.717, 1.165) is 11.1 Å². The molecule has 0 fully saturated rings. The van der Waals surface area contributed by atoms with Gasteiger partial charge in [0, 0.05) is 17.3 Å². The number of nitrogens with zero attached hydrogens (tertiary/aromatic N) is 2.